The van der Waals surface area contributed by atoms with E-state index in [1.807, 2.05) is 19.3 Å². The maximum absolute atomic E-state index is 5.88. The molecular weight excluding hydrogens is 218 g/mol. The number of ether oxygens (including phenoxy) is 2. The molecule has 2 saturated heterocycles. The monoisotopic (exact) mass is 235 g/mol. The first-order chi connectivity index (χ1) is 8.27. The lowest BCUT2D eigenvalue weighted by Crippen LogP contribution is -2.53. The van der Waals surface area contributed by atoms with Crippen LogP contribution in [0.5, 0.6) is 0 Å². The molecule has 5 nitrogen and oxygen atoms in total. The normalized spacial score (nSPS) is 28.9. The fourth-order valence-corrected chi connectivity index (χ4v) is 2.39. The molecule has 92 valence electrons. The molecule has 0 bridgehead atoms. The van der Waals surface area contributed by atoms with Crippen molar-refractivity contribution in [3.05, 3.63) is 18.0 Å². The van der Waals surface area contributed by atoms with Gasteiger partial charge in [0.25, 0.3) is 0 Å². The Kier molecular flexibility index (Phi) is 2.72. The van der Waals surface area contributed by atoms with E-state index in [1.165, 1.54) is 0 Å². The van der Waals surface area contributed by atoms with Crippen molar-refractivity contribution in [1.29, 1.82) is 0 Å². The van der Waals surface area contributed by atoms with Crippen molar-refractivity contribution < 1.29 is 9.47 Å². The molecule has 0 N–H and O–H groups in total. The van der Waals surface area contributed by atoms with Crippen LogP contribution in [0.4, 0.5) is 5.95 Å². The Morgan fingerprint density at radius 3 is 2.82 bits per heavy atom. The Hall–Kier alpha value is -1.20. The highest BCUT2D eigenvalue weighted by molar-refractivity contribution is 5.31. The predicted octanol–water partition coefficient (Wildman–Crippen LogP) is 0.781. The Balaban J connectivity index is 1.77. The number of anilines is 1. The third kappa shape index (κ3) is 2.12. The molecule has 0 amide bonds. The van der Waals surface area contributed by atoms with Gasteiger partial charge in [0, 0.05) is 32.0 Å². The van der Waals surface area contributed by atoms with Gasteiger partial charge in [-0.2, -0.15) is 0 Å². The van der Waals surface area contributed by atoms with Crippen LogP contribution in [0.15, 0.2) is 12.4 Å². The third-order valence-electron chi connectivity index (χ3n) is 3.37. The fourth-order valence-electron chi connectivity index (χ4n) is 2.39. The summed E-state index contributed by atoms with van der Waals surface area (Å²) in [6, 6.07) is 0. The minimum absolute atomic E-state index is 0.132. The summed E-state index contributed by atoms with van der Waals surface area (Å²) in [5.41, 5.74) is 0.952. The summed E-state index contributed by atoms with van der Waals surface area (Å²) in [4.78, 5) is 10.9. The quantitative estimate of drug-likeness (QED) is 0.720. The van der Waals surface area contributed by atoms with E-state index in [2.05, 4.69) is 14.9 Å². The Morgan fingerprint density at radius 1 is 1.29 bits per heavy atom. The van der Waals surface area contributed by atoms with Gasteiger partial charge < -0.3 is 14.4 Å². The maximum Gasteiger partial charge on any atom is 0.225 e. The molecule has 0 aromatic carbocycles. The first-order valence-corrected chi connectivity index (χ1v) is 6.03. The van der Waals surface area contributed by atoms with E-state index in [0.717, 1.165) is 44.2 Å². The third-order valence-corrected chi connectivity index (χ3v) is 3.37. The molecule has 1 aromatic heterocycles. The van der Waals surface area contributed by atoms with E-state index in [9.17, 15) is 0 Å². The lowest BCUT2D eigenvalue weighted by Gasteiger charge is -2.39. The highest BCUT2D eigenvalue weighted by atomic mass is 16.6. The zero-order valence-corrected chi connectivity index (χ0v) is 10.1. The molecule has 1 aromatic rings. The van der Waals surface area contributed by atoms with Crippen LogP contribution in [0.1, 0.15) is 12.0 Å². The molecule has 3 heterocycles. The van der Waals surface area contributed by atoms with Crippen LogP contribution in [-0.4, -0.2) is 48.5 Å². The fraction of sp³-hybridized carbons (Fsp3) is 0.667. The first kappa shape index (κ1) is 10.9. The molecule has 2 aliphatic rings. The number of aromatic nitrogens is 2. The average Bonchev–Trinajstić information content (AvgIpc) is 2.78. The molecule has 1 spiro atoms. The lowest BCUT2D eigenvalue weighted by atomic mass is 10.0. The number of hydrogen-bond acceptors (Lipinski definition) is 5. The highest BCUT2D eigenvalue weighted by Gasteiger charge is 2.40. The SMILES string of the molecule is Cc1cnc(N2CCOC3(CCOC3)C2)nc1. The summed E-state index contributed by atoms with van der Waals surface area (Å²) in [6.45, 7) is 5.88. The van der Waals surface area contributed by atoms with Crippen LogP contribution >= 0.6 is 0 Å². The summed E-state index contributed by atoms with van der Waals surface area (Å²) >= 11 is 0. The van der Waals surface area contributed by atoms with E-state index in [-0.39, 0.29) is 5.60 Å². The molecule has 17 heavy (non-hydrogen) atoms. The van der Waals surface area contributed by atoms with Gasteiger partial charge in [0.05, 0.1) is 19.8 Å². The molecule has 0 radical (unpaired) electrons. The van der Waals surface area contributed by atoms with Gasteiger partial charge in [-0.3, -0.25) is 0 Å². The minimum atomic E-state index is -0.132. The Morgan fingerprint density at radius 2 is 2.12 bits per heavy atom. The van der Waals surface area contributed by atoms with Crippen molar-refractivity contribution in [2.45, 2.75) is 18.9 Å². The zero-order valence-electron chi connectivity index (χ0n) is 10.1. The van der Waals surface area contributed by atoms with Crippen LogP contribution in [0, 0.1) is 6.92 Å². The van der Waals surface area contributed by atoms with Gasteiger partial charge in [0.2, 0.25) is 5.95 Å². The van der Waals surface area contributed by atoms with E-state index in [0.29, 0.717) is 6.61 Å². The predicted molar refractivity (Wildman–Crippen MR) is 63.1 cm³/mol. The number of nitrogens with zero attached hydrogens (tertiary/aromatic N) is 3. The van der Waals surface area contributed by atoms with E-state index in [1.54, 1.807) is 0 Å². The number of aryl methyl sites for hydroxylation is 1. The van der Waals surface area contributed by atoms with Crippen molar-refractivity contribution >= 4 is 5.95 Å². The summed E-state index contributed by atoms with van der Waals surface area (Å²) < 4.78 is 11.3. The summed E-state index contributed by atoms with van der Waals surface area (Å²) in [5, 5.41) is 0. The number of hydrogen-bond donors (Lipinski definition) is 0. The van der Waals surface area contributed by atoms with E-state index < -0.39 is 0 Å². The van der Waals surface area contributed by atoms with Crippen molar-refractivity contribution in [3.8, 4) is 0 Å². The van der Waals surface area contributed by atoms with Crippen LogP contribution in [0.3, 0.4) is 0 Å². The molecule has 3 rings (SSSR count). The number of rotatable bonds is 1. The van der Waals surface area contributed by atoms with Crippen LogP contribution in [0.2, 0.25) is 0 Å². The van der Waals surface area contributed by atoms with E-state index >= 15 is 0 Å². The molecule has 0 aliphatic carbocycles. The van der Waals surface area contributed by atoms with Crippen LogP contribution < -0.4 is 4.90 Å². The average molecular weight is 235 g/mol. The summed E-state index contributed by atoms with van der Waals surface area (Å²) in [7, 11) is 0. The van der Waals surface area contributed by atoms with Gasteiger partial charge in [-0.25, -0.2) is 9.97 Å². The smallest absolute Gasteiger partial charge is 0.225 e. The molecule has 1 unspecified atom stereocenters. The standard InChI is InChI=1S/C12H17N3O2/c1-10-6-13-11(14-7-10)15-3-5-17-12(8-15)2-4-16-9-12/h6-7H,2-5,8-9H2,1H3. The highest BCUT2D eigenvalue weighted by Crippen LogP contribution is 2.28. The van der Waals surface area contributed by atoms with Gasteiger partial charge in [-0.05, 0) is 12.5 Å². The van der Waals surface area contributed by atoms with Gasteiger partial charge in [0.15, 0.2) is 0 Å². The second kappa shape index (κ2) is 4.23. The second-order valence-electron chi connectivity index (χ2n) is 4.82. The van der Waals surface area contributed by atoms with Gasteiger partial charge >= 0.3 is 0 Å². The number of morpholine rings is 1. The lowest BCUT2D eigenvalue weighted by molar-refractivity contribution is -0.0583. The van der Waals surface area contributed by atoms with Crippen molar-refractivity contribution in [1.82, 2.24) is 9.97 Å². The van der Waals surface area contributed by atoms with Crippen molar-refractivity contribution in [3.63, 3.8) is 0 Å². The second-order valence-corrected chi connectivity index (χ2v) is 4.82. The van der Waals surface area contributed by atoms with Crippen LogP contribution in [0.25, 0.3) is 0 Å². The zero-order chi connectivity index (χ0) is 11.7. The largest absolute Gasteiger partial charge is 0.378 e. The van der Waals surface area contributed by atoms with Gasteiger partial charge in [-0.15, -0.1) is 0 Å². The first-order valence-electron chi connectivity index (χ1n) is 6.03. The molecule has 0 saturated carbocycles. The molecule has 2 aliphatic heterocycles. The molecule has 1 atom stereocenters. The maximum atomic E-state index is 5.88. The molecular formula is C12H17N3O2. The van der Waals surface area contributed by atoms with Gasteiger partial charge in [-0.1, -0.05) is 0 Å². The Labute approximate surface area is 101 Å². The Bertz CT molecular complexity index is 387. The molecule has 2 fully saturated rings. The molecule has 5 heteroatoms. The van der Waals surface area contributed by atoms with Crippen molar-refractivity contribution in [2.75, 3.05) is 37.8 Å². The van der Waals surface area contributed by atoms with Crippen molar-refractivity contribution in [2.24, 2.45) is 0 Å². The van der Waals surface area contributed by atoms with Crippen LogP contribution in [-0.2, 0) is 9.47 Å². The summed E-state index contributed by atoms with van der Waals surface area (Å²) in [5.74, 6) is 0.796. The van der Waals surface area contributed by atoms with E-state index in [4.69, 9.17) is 9.47 Å². The summed E-state index contributed by atoms with van der Waals surface area (Å²) in [6.07, 6.45) is 4.68. The minimum Gasteiger partial charge on any atom is -0.378 e. The topological polar surface area (TPSA) is 47.5 Å². The van der Waals surface area contributed by atoms with Gasteiger partial charge in [0.1, 0.15) is 5.60 Å².